The summed E-state index contributed by atoms with van der Waals surface area (Å²) in [6.07, 6.45) is 2.18. The summed E-state index contributed by atoms with van der Waals surface area (Å²) in [6.45, 7) is 6.33. The second-order valence-corrected chi connectivity index (χ2v) is 4.36. The average molecular weight is 206 g/mol. The Morgan fingerprint density at radius 3 is 2.36 bits per heavy atom. The maximum Gasteiger partial charge on any atom is 0.147 e. The third-order valence-electron chi connectivity index (χ3n) is 2.64. The molecule has 0 aliphatic heterocycles. The van der Waals surface area contributed by atoms with Gasteiger partial charge in [-0.15, -0.1) is 0 Å². The van der Waals surface area contributed by atoms with Crippen molar-refractivity contribution in [2.45, 2.75) is 26.4 Å². The Kier molecular flexibility index (Phi) is 3.67. The van der Waals surface area contributed by atoms with E-state index in [1.165, 1.54) is 11.1 Å². The van der Waals surface area contributed by atoms with Crippen molar-refractivity contribution in [3.8, 4) is 0 Å². The van der Waals surface area contributed by atoms with Crippen molar-refractivity contribution in [3.05, 3.63) is 41.5 Å². The summed E-state index contributed by atoms with van der Waals surface area (Å²) in [4.78, 5) is 0. The highest BCUT2D eigenvalue weighted by molar-refractivity contribution is 5.98. The Balaban J connectivity index is 2.89. The highest BCUT2D eigenvalue weighted by Gasteiger charge is 2.17. The third kappa shape index (κ3) is 2.82. The predicted octanol–water partition coefficient (Wildman–Crippen LogP) is 2.17. The van der Waals surface area contributed by atoms with Gasteiger partial charge in [0.05, 0.1) is 5.60 Å². The molecule has 0 saturated carbocycles. The second kappa shape index (κ2) is 4.58. The highest BCUT2D eigenvalue weighted by atomic mass is 28.2. The zero-order chi connectivity index (χ0) is 10.6. The predicted molar refractivity (Wildman–Crippen MR) is 65.2 cm³/mol. The van der Waals surface area contributed by atoms with Crippen molar-refractivity contribution in [3.63, 3.8) is 0 Å². The van der Waals surface area contributed by atoms with E-state index < -0.39 is 0 Å². The molecule has 0 spiro atoms. The molecule has 1 aromatic carbocycles. The molecule has 0 aliphatic rings. The molecule has 0 fully saturated rings. The summed E-state index contributed by atoms with van der Waals surface area (Å²) in [5.74, 6) is 0. The van der Waals surface area contributed by atoms with Crippen LogP contribution in [0.3, 0.4) is 0 Å². The van der Waals surface area contributed by atoms with E-state index in [2.05, 4.69) is 39.0 Å². The lowest BCUT2D eigenvalue weighted by Crippen LogP contribution is -2.24. The van der Waals surface area contributed by atoms with E-state index in [0.717, 1.165) is 10.5 Å². The molecule has 0 bridgehead atoms. The van der Waals surface area contributed by atoms with Gasteiger partial charge in [0.1, 0.15) is 10.5 Å². The van der Waals surface area contributed by atoms with Gasteiger partial charge in [0, 0.05) is 0 Å². The van der Waals surface area contributed by atoms with Crippen molar-refractivity contribution < 1.29 is 4.43 Å². The summed E-state index contributed by atoms with van der Waals surface area (Å²) >= 11 is 0. The second-order valence-electron chi connectivity index (χ2n) is 3.95. The summed E-state index contributed by atoms with van der Waals surface area (Å²) in [7, 11) is 0.771. The molecule has 0 aromatic heterocycles. The molecule has 14 heavy (non-hydrogen) atoms. The zero-order valence-electron chi connectivity index (χ0n) is 9.37. The molecular weight excluding hydrogens is 188 g/mol. The Morgan fingerprint density at radius 2 is 1.86 bits per heavy atom. The van der Waals surface area contributed by atoms with Crippen LogP contribution in [-0.2, 0) is 4.43 Å². The van der Waals surface area contributed by atoms with Crippen LogP contribution in [0.5, 0.6) is 0 Å². The van der Waals surface area contributed by atoms with Crippen LogP contribution < -0.4 is 0 Å². The fraction of sp³-hybridized carbons (Fsp3) is 0.333. The van der Waals surface area contributed by atoms with Gasteiger partial charge in [-0.1, -0.05) is 36.4 Å². The first-order chi connectivity index (χ1) is 6.56. The maximum absolute atomic E-state index is 5.54. The molecule has 2 heteroatoms. The molecule has 0 saturated heterocycles. The van der Waals surface area contributed by atoms with Crippen LogP contribution in [0.15, 0.2) is 35.9 Å². The largest absolute Gasteiger partial charge is 0.419 e. The van der Waals surface area contributed by atoms with Gasteiger partial charge in [-0.25, -0.2) is 0 Å². The smallest absolute Gasteiger partial charge is 0.147 e. The number of benzene rings is 1. The Hall–Kier alpha value is -0.863. The van der Waals surface area contributed by atoms with E-state index in [-0.39, 0.29) is 5.60 Å². The number of rotatable bonds is 3. The third-order valence-corrected chi connectivity index (χ3v) is 3.66. The molecule has 0 N–H and O–H groups in total. The first-order valence-electron chi connectivity index (χ1n) is 4.85. The minimum atomic E-state index is -0.123. The van der Waals surface area contributed by atoms with E-state index in [0.29, 0.717) is 0 Å². The molecule has 0 amide bonds. The summed E-state index contributed by atoms with van der Waals surface area (Å²) in [5, 5.41) is 0. The monoisotopic (exact) mass is 206 g/mol. The number of hydrogen-bond acceptors (Lipinski definition) is 1. The Labute approximate surface area is 89.3 Å². The van der Waals surface area contributed by atoms with Crippen molar-refractivity contribution in [1.82, 2.24) is 0 Å². The van der Waals surface area contributed by atoms with Gasteiger partial charge in [0.25, 0.3) is 0 Å². The molecule has 0 unspecified atom stereocenters. The van der Waals surface area contributed by atoms with Crippen molar-refractivity contribution in [1.29, 1.82) is 0 Å². The van der Waals surface area contributed by atoms with Gasteiger partial charge in [-0.05, 0) is 31.9 Å². The summed E-state index contributed by atoms with van der Waals surface area (Å²) in [6, 6.07) is 10.3. The van der Waals surface area contributed by atoms with Gasteiger partial charge >= 0.3 is 0 Å². The topological polar surface area (TPSA) is 9.23 Å². The normalized spacial score (nSPS) is 13.2. The first kappa shape index (κ1) is 11.2. The van der Waals surface area contributed by atoms with Crippen LogP contribution in [0.1, 0.15) is 26.3 Å². The molecule has 1 nitrogen and oxygen atoms in total. The van der Waals surface area contributed by atoms with Crippen molar-refractivity contribution in [2.75, 3.05) is 0 Å². The maximum atomic E-state index is 5.54. The van der Waals surface area contributed by atoms with E-state index >= 15 is 0 Å². The molecule has 0 heterocycles. The molecule has 0 radical (unpaired) electrons. The lowest BCUT2D eigenvalue weighted by Gasteiger charge is -2.25. The van der Waals surface area contributed by atoms with E-state index in [4.69, 9.17) is 4.43 Å². The van der Waals surface area contributed by atoms with Gasteiger partial charge < -0.3 is 4.43 Å². The molecule has 1 rings (SSSR count). The van der Waals surface area contributed by atoms with Crippen LogP contribution in [0, 0.1) is 0 Å². The fourth-order valence-corrected chi connectivity index (χ4v) is 1.46. The molecule has 0 atom stereocenters. The standard InChI is InChI=1S/C12H18OSi/c1-10(12(2,3)13-14)9-11-7-5-4-6-8-11/h4-9H,1-3,14H3. The molecule has 76 valence electrons. The first-order valence-corrected chi connectivity index (χ1v) is 5.67. The quantitative estimate of drug-likeness (QED) is 0.689. The lowest BCUT2D eigenvalue weighted by atomic mass is 9.97. The SMILES string of the molecule is CC(=Cc1ccccc1)C(C)(C)O[SiH3]. The van der Waals surface area contributed by atoms with Crippen LogP contribution in [0.25, 0.3) is 6.08 Å². The van der Waals surface area contributed by atoms with Gasteiger partial charge in [-0.2, -0.15) is 0 Å². The van der Waals surface area contributed by atoms with Crippen LogP contribution in [0.2, 0.25) is 0 Å². The highest BCUT2D eigenvalue weighted by Crippen LogP contribution is 2.21. The van der Waals surface area contributed by atoms with Crippen molar-refractivity contribution in [2.24, 2.45) is 0 Å². The summed E-state index contributed by atoms with van der Waals surface area (Å²) < 4.78 is 5.54. The summed E-state index contributed by atoms with van der Waals surface area (Å²) in [5.41, 5.74) is 2.37. The van der Waals surface area contributed by atoms with E-state index in [1.54, 1.807) is 0 Å². The van der Waals surface area contributed by atoms with Crippen molar-refractivity contribution >= 4 is 16.6 Å². The van der Waals surface area contributed by atoms with Crippen LogP contribution in [0.4, 0.5) is 0 Å². The average Bonchev–Trinajstić information content (AvgIpc) is 2.19. The fourth-order valence-electron chi connectivity index (χ4n) is 1.13. The minimum absolute atomic E-state index is 0.123. The van der Waals surface area contributed by atoms with Gasteiger partial charge in [0.2, 0.25) is 0 Å². The zero-order valence-corrected chi connectivity index (χ0v) is 11.4. The molecular formula is C12H18OSi. The van der Waals surface area contributed by atoms with Gasteiger partial charge in [-0.3, -0.25) is 0 Å². The Bertz CT molecular complexity index is 314. The minimum Gasteiger partial charge on any atom is -0.419 e. The lowest BCUT2D eigenvalue weighted by molar-refractivity contribution is 0.167. The van der Waals surface area contributed by atoms with Crippen LogP contribution >= 0.6 is 0 Å². The number of hydrogen-bond donors (Lipinski definition) is 0. The molecule has 1 aromatic rings. The van der Waals surface area contributed by atoms with E-state index in [1.807, 2.05) is 18.2 Å². The van der Waals surface area contributed by atoms with Crippen LogP contribution in [-0.4, -0.2) is 16.1 Å². The molecule has 0 aliphatic carbocycles. The van der Waals surface area contributed by atoms with Gasteiger partial charge in [0.15, 0.2) is 0 Å². The Morgan fingerprint density at radius 1 is 1.29 bits per heavy atom. The van der Waals surface area contributed by atoms with E-state index in [9.17, 15) is 0 Å².